The molecule has 24 heavy (non-hydrogen) atoms. The van der Waals surface area contributed by atoms with Gasteiger partial charge in [0.15, 0.2) is 11.1 Å². The second-order valence-electron chi connectivity index (χ2n) is 5.04. The average Bonchev–Trinajstić information content (AvgIpc) is 2.41. The molecule has 0 saturated carbocycles. The van der Waals surface area contributed by atoms with Crippen molar-refractivity contribution in [2.24, 2.45) is 0 Å². The molecule has 0 heterocycles. The molecule has 0 spiro atoms. The first-order valence-electron chi connectivity index (χ1n) is 6.90. The van der Waals surface area contributed by atoms with Crippen molar-refractivity contribution < 1.29 is 39.8 Å². The third-order valence-corrected chi connectivity index (χ3v) is 3.85. The van der Waals surface area contributed by atoms with E-state index in [0.29, 0.717) is 18.6 Å². The third kappa shape index (κ3) is 4.48. The molecule has 0 aliphatic carbocycles. The maximum Gasteiger partial charge on any atom is 0.430 e. The van der Waals surface area contributed by atoms with E-state index in [1.54, 1.807) is 6.92 Å². The summed E-state index contributed by atoms with van der Waals surface area (Å²) in [4.78, 5) is 0. The van der Waals surface area contributed by atoms with E-state index in [-0.39, 0.29) is 12.0 Å². The number of rotatable bonds is 7. The van der Waals surface area contributed by atoms with Gasteiger partial charge in [-0.3, -0.25) is 0 Å². The Balaban J connectivity index is 3.37. The van der Waals surface area contributed by atoms with Crippen LogP contribution in [0.25, 0.3) is 0 Å². The first kappa shape index (κ1) is 20.9. The van der Waals surface area contributed by atoms with Gasteiger partial charge in [-0.25, -0.2) is 4.21 Å². The zero-order valence-corrected chi connectivity index (χ0v) is 13.4. The van der Waals surface area contributed by atoms with Crippen molar-refractivity contribution in [3.63, 3.8) is 0 Å². The van der Waals surface area contributed by atoms with Crippen LogP contribution in [0.15, 0.2) is 24.3 Å². The molecule has 0 radical (unpaired) electrons. The molecule has 1 unspecified atom stereocenters. The van der Waals surface area contributed by atoms with E-state index in [1.165, 1.54) is 0 Å². The van der Waals surface area contributed by atoms with Crippen LogP contribution in [0, 0.1) is 0 Å². The van der Waals surface area contributed by atoms with E-state index in [9.17, 15) is 30.6 Å². The predicted molar refractivity (Wildman–Crippen MR) is 75.6 cm³/mol. The lowest BCUT2D eigenvalue weighted by atomic mass is 9.91. The fourth-order valence-electron chi connectivity index (χ4n) is 2.08. The van der Waals surface area contributed by atoms with Crippen LogP contribution in [0.3, 0.4) is 0 Å². The number of benzene rings is 1. The van der Waals surface area contributed by atoms with Gasteiger partial charge in [0.1, 0.15) is 0 Å². The molecular weight excluding hydrogens is 362 g/mol. The second-order valence-corrected chi connectivity index (χ2v) is 5.97. The molecule has 1 atom stereocenters. The maximum atomic E-state index is 13.4. The molecule has 1 aromatic rings. The van der Waals surface area contributed by atoms with Gasteiger partial charge in [0.25, 0.3) is 5.60 Å². The van der Waals surface area contributed by atoms with Crippen molar-refractivity contribution in [2.45, 2.75) is 43.5 Å². The SMILES string of the molecule is CCCCOC(c1ccc(CS(=O)O)cc1)(C(F)(F)F)C(F)(F)F. The third-order valence-electron chi connectivity index (χ3n) is 3.27. The molecule has 0 fully saturated rings. The highest BCUT2D eigenvalue weighted by atomic mass is 32.2. The van der Waals surface area contributed by atoms with Crippen molar-refractivity contribution in [3.8, 4) is 0 Å². The van der Waals surface area contributed by atoms with Crippen LogP contribution in [0.4, 0.5) is 26.3 Å². The molecule has 0 aliphatic rings. The highest BCUT2D eigenvalue weighted by Gasteiger charge is 2.73. The number of hydrogen-bond acceptors (Lipinski definition) is 2. The minimum atomic E-state index is -5.72. The van der Waals surface area contributed by atoms with Crippen molar-refractivity contribution in [1.82, 2.24) is 0 Å². The van der Waals surface area contributed by atoms with Crippen LogP contribution in [-0.4, -0.2) is 27.7 Å². The van der Waals surface area contributed by atoms with E-state index >= 15 is 0 Å². The van der Waals surface area contributed by atoms with Crippen molar-refractivity contribution in [2.75, 3.05) is 6.61 Å². The molecular formula is C14H16F6O3S. The number of hydrogen-bond donors (Lipinski definition) is 1. The van der Waals surface area contributed by atoms with Crippen molar-refractivity contribution >= 4 is 11.1 Å². The Labute approximate surface area is 137 Å². The maximum absolute atomic E-state index is 13.4. The molecule has 0 saturated heterocycles. The van der Waals surface area contributed by atoms with Crippen molar-refractivity contribution in [3.05, 3.63) is 35.4 Å². The summed E-state index contributed by atoms with van der Waals surface area (Å²) in [5, 5.41) is 0. The Morgan fingerprint density at radius 3 is 1.92 bits per heavy atom. The zero-order valence-electron chi connectivity index (χ0n) is 12.6. The monoisotopic (exact) mass is 378 g/mol. The molecule has 10 heteroatoms. The summed E-state index contributed by atoms with van der Waals surface area (Å²) < 4.78 is 104. The number of unbranched alkanes of at least 4 members (excludes halogenated alkanes) is 1. The Morgan fingerprint density at radius 2 is 1.54 bits per heavy atom. The summed E-state index contributed by atoms with van der Waals surface area (Å²) in [5.74, 6) is -0.401. The van der Waals surface area contributed by atoms with Gasteiger partial charge < -0.3 is 9.29 Å². The standard InChI is InChI=1S/C14H16F6O3S/c1-2-3-8-23-12(13(15,16)17,14(18,19)20)11-6-4-10(5-7-11)9-24(21)22/h4-7H,2-3,8-9H2,1H3,(H,21,22). The fraction of sp³-hybridized carbons (Fsp3) is 0.571. The van der Waals surface area contributed by atoms with E-state index < -0.39 is 47.0 Å². The lowest BCUT2D eigenvalue weighted by Crippen LogP contribution is -2.56. The van der Waals surface area contributed by atoms with Crippen molar-refractivity contribution in [1.29, 1.82) is 0 Å². The number of alkyl halides is 6. The Bertz CT molecular complexity index is 539. The lowest BCUT2D eigenvalue weighted by Gasteiger charge is -2.37. The summed E-state index contributed by atoms with van der Waals surface area (Å²) in [5.41, 5.74) is -5.43. The Kier molecular flexibility index (Phi) is 6.83. The largest absolute Gasteiger partial charge is 0.430 e. The van der Waals surface area contributed by atoms with E-state index in [4.69, 9.17) is 4.55 Å². The first-order chi connectivity index (χ1) is 11.0. The predicted octanol–water partition coefficient (Wildman–Crippen LogP) is 4.54. The fourth-order valence-corrected chi connectivity index (χ4v) is 2.56. The minimum absolute atomic E-state index is 0.0372. The topological polar surface area (TPSA) is 46.5 Å². The van der Waals surface area contributed by atoms with Crippen LogP contribution in [-0.2, 0) is 27.2 Å². The van der Waals surface area contributed by atoms with Crippen LogP contribution in [0.1, 0.15) is 30.9 Å². The quantitative estimate of drug-likeness (QED) is 0.430. The summed E-state index contributed by atoms with van der Waals surface area (Å²) >= 11 is -2.26. The van der Waals surface area contributed by atoms with Crippen LogP contribution >= 0.6 is 0 Å². The zero-order chi connectivity index (χ0) is 18.6. The van der Waals surface area contributed by atoms with Gasteiger partial charge in [-0.05, 0) is 12.0 Å². The van der Waals surface area contributed by atoms with Gasteiger partial charge in [-0.2, -0.15) is 26.3 Å². The smallest absolute Gasteiger partial charge is 0.354 e. The van der Waals surface area contributed by atoms with Crippen LogP contribution in [0.5, 0.6) is 0 Å². The van der Waals surface area contributed by atoms with Gasteiger partial charge in [0.05, 0.1) is 5.75 Å². The highest BCUT2D eigenvalue weighted by Crippen LogP contribution is 2.53. The molecule has 3 nitrogen and oxygen atoms in total. The summed E-state index contributed by atoms with van der Waals surface area (Å²) in [6.45, 7) is 0.897. The molecule has 0 aromatic heterocycles. The van der Waals surface area contributed by atoms with Gasteiger partial charge in [-0.15, -0.1) is 0 Å². The molecule has 0 aliphatic heterocycles. The van der Waals surface area contributed by atoms with Gasteiger partial charge in [0, 0.05) is 12.2 Å². The lowest BCUT2D eigenvalue weighted by molar-refractivity contribution is -0.389. The van der Waals surface area contributed by atoms with Gasteiger partial charge in [0.2, 0.25) is 0 Å². The van der Waals surface area contributed by atoms with Gasteiger partial charge >= 0.3 is 12.4 Å². The van der Waals surface area contributed by atoms with Crippen LogP contribution < -0.4 is 0 Å². The average molecular weight is 378 g/mol. The summed E-state index contributed by atoms with van der Waals surface area (Å²) in [7, 11) is 0. The van der Waals surface area contributed by atoms with E-state index in [1.807, 2.05) is 0 Å². The summed E-state index contributed by atoms with van der Waals surface area (Å²) in [6.07, 6.45) is -11.0. The molecule has 1 aromatic carbocycles. The Hall–Kier alpha value is -1.13. The molecule has 138 valence electrons. The second kappa shape index (κ2) is 7.83. The highest BCUT2D eigenvalue weighted by molar-refractivity contribution is 7.78. The Morgan fingerprint density at radius 1 is 1.04 bits per heavy atom. The summed E-state index contributed by atoms with van der Waals surface area (Å²) in [6, 6.07) is 3.13. The molecule has 1 rings (SSSR count). The first-order valence-corrected chi connectivity index (χ1v) is 8.17. The van der Waals surface area contributed by atoms with Crippen LogP contribution in [0.2, 0.25) is 0 Å². The number of halogens is 6. The molecule has 0 bridgehead atoms. The molecule has 1 N–H and O–H groups in total. The van der Waals surface area contributed by atoms with E-state index in [2.05, 4.69) is 4.74 Å². The molecule has 0 amide bonds. The van der Waals surface area contributed by atoms with E-state index in [0.717, 1.165) is 12.1 Å². The van der Waals surface area contributed by atoms with Gasteiger partial charge in [-0.1, -0.05) is 37.6 Å². The number of ether oxygens (including phenoxy) is 1. The minimum Gasteiger partial charge on any atom is -0.354 e. The normalized spacial score (nSPS) is 14.7.